The van der Waals surface area contributed by atoms with Gasteiger partial charge >= 0.3 is 0 Å². The molecule has 0 amide bonds. The van der Waals surface area contributed by atoms with Crippen LogP contribution in [0.15, 0.2) is 29.2 Å². The summed E-state index contributed by atoms with van der Waals surface area (Å²) in [6, 6.07) is 7.04. The number of likely N-dealkylation sites (tertiary alicyclic amines) is 1. The predicted octanol–water partition coefficient (Wildman–Crippen LogP) is 1.35. The maximum absolute atomic E-state index is 12.0. The first-order valence-corrected chi connectivity index (χ1v) is 8.46. The van der Waals surface area contributed by atoms with Crippen LogP contribution in [0.25, 0.3) is 0 Å². The number of piperidine rings is 1. The zero-order chi connectivity index (χ0) is 14.6. The molecule has 0 spiro atoms. The number of para-hydroxylation sites is 1. The lowest BCUT2D eigenvalue weighted by Gasteiger charge is -2.29. The Kier molecular flexibility index (Phi) is 5.01. The van der Waals surface area contributed by atoms with Gasteiger partial charge in [-0.1, -0.05) is 12.1 Å². The zero-order valence-electron chi connectivity index (χ0n) is 12.1. The summed E-state index contributed by atoms with van der Waals surface area (Å²) in [5, 5.41) is 3.30. The molecular formula is C14H23N3O2S. The molecule has 1 aromatic carbocycles. The Morgan fingerprint density at radius 1 is 1.25 bits per heavy atom. The maximum atomic E-state index is 12.0. The van der Waals surface area contributed by atoms with Crippen LogP contribution in [0, 0.1) is 5.92 Å². The van der Waals surface area contributed by atoms with E-state index in [2.05, 4.69) is 22.0 Å². The lowest BCUT2D eigenvalue weighted by molar-refractivity contribution is 0.226. The van der Waals surface area contributed by atoms with Gasteiger partial charge in [-0.3, -0.25) is 0 Å². The number of nitrogens with one attached hydrogen (secondary N) is 2. The second-order valence-corrected chi connectivity index (χ2v) is 7.19. The number of benzene rings is 1. The van der Waals surface area contributed by atoms with Crippen LogP contribution in [-0.2, 0) is 10.0 Å². The Balaban J connectivity index is 2.03. The van der Waals surface area contributed by atoms with Crippen LogP contribution < -0.4 is 10.0 Å². The molecule has 1 fully saturated rings. The van der Waals surface area contributed by atoms with Gasteiger partial charge in [0.05, 0.1) is 5.69 Å². The third kappa shape index (κ3) is 3.71. The van der Waals surface area contributed by atoms with Gasteiger partial charge in [-0.2, -0.15) is 0 Å². The topological polar surface area (TPSA) is 61.4 Å². The third-order valence-electron chi connectivity index (χ3n) is 3.86. The smallest absolute Gasteiger partial charge is 0.242 e. The number of hydrogen-bond acceptors (Lipinski definition) is 4. The summed E-state index contributed by atoms with van der Waals surface area (Å²) < 4.78 is 26.3. The fourth-order valence-electron chi connectivity index (χ4n) is 2.48. The Hall–Kier alpha value is -1.11. The van der Waals surface area contributed by atoms with Gasteiger partial charge in [0.1, 0.15) is 4.90 Å². The van der Waals surface area contributed by atoms with Crippen LogP contribution in [0.1, 0.15) is 12.8 Å². The monoisotopic (exact) mass is 297 g/mol. The molecule has 0 aliphatic carbocycles. The minimum atomic E-state index is -3.41. The number of nitrogens with zero attached hydrogens (tertiary/aromatic N) is 1. The fourth-order valence-corrected chi connectivity index (χ4v) is 3.38. The maximum Gasteiger partial charge on any atom is 0.242 e. The van der Waals surface area contributed by atoms with Gasteiger partial charge in [0.25, 0.3) is 0 Å². The standard InChI is InChI=1S/C14H23N3O2S/c1-15-20(18,19)14-6-4-3-5-13(14)16-11-12-7-9-17(2)10-8-12/h3-6,12,15-16H,7-11H2,1-2H3. The second-order valence-electron chi connectivity index (χ2n) is 5.33. The molecule has 1 aliphatic heterocycles. The molecule has 6 heteroatoms. The summed E-state index contributed by atoms with van der Waals surface area (Å²) in [5.74, 6) is 0.608. The SMILES string of the molecule is CNS(=O)(=O)c1ccccc1NCC1CCN(C)CC1. The van der Waals surface area contributed by atoms with Crippen molar-refractivity contribution >= 4 is 15.7 Å². The molecule has 112 valence electrons. The predicted molar refractivity (Wildman–Crippen MR) is 81.4 cm³/mol. The Morgan fingerprint density at radius 2 is 1.90 bits per heavy atom. The first-order chi connectivity index (χ1) is 9.53. The summed E-state index contributed by atoms with van der Waals surface area (Å²) in [7, 11) is 0.160. The zero-order valence-corrected chi connectivity index (χ0v) is 12.9. The summed E-state index contributed by atoms with van der Waals surface area (Å²) in [4.78, 5) is 2.64. The van der Waals surface area contributed by atoms with Crippen LogP contribution in [0.3, 0.4) is 0 Å². The molecule has 1 saturated heterocycles. The number of anilines is 1. The first-order valence-electron chi connectivity index (χ1n) is 6.98. The molecule has 0 unspecified atom stereocenters. The third-order valence-corrected chi connectivity index (χ3v) is 5.34. The number of hydrogen-bond donors (Lipinski definition) is 2. The van der Waals surface area contributed by atoms with Crippen molar-refractivity contribution in [3.63, 3.8) is 0 Å². The van der Waals surface area contributed by atoms with E-state index in [0.717, 1.165) is 32.5 Å². The number of rotatable bonds is 5. The van der Waals surface area contributed by atoms with Crippen molar-refractivity contribution in [3.05, 3.63) is 24.3 Å². The van der Waals surface area contributed by atoms with Crippen LogP contribution >= 0.6 is 0 Å². The van der Waals surface area contributed by atoms with Crippen molar-refractivity contribution in [2.45, 2.75) is 17.7 Å². The van der Waals surface area contributed by atoms with Crippen LogP contribution in [0.2, 0.25) is 0 Å². The molecule has 20 heavy (non-hydrogen) atoms. The molecule has 0 bridgehead atoms. The largest absolute Gasteiger partial charge is 0.384 e. The molecule has 0 aromatic heterocycles. The van der Waals surface area contributed by atoms with Crippen molar-refractivity contribution in [2.24, 2.45) is 5.92 Å². The molecule has 5 nitrogen and oxygen atoms in total. The molecule has 1 aliphatic rings. The van der Waals surface area contributed by atoms with Gasteiger partial charge in [-0.05, 0) is 58.1 Å². The van der Waals surface area contributed by atoms with E-state index in [1.54, 1.807) is 12.1 Å². The van der Waals surface area contributed by atoms with E-state index in [1.807, 2.05) is 12.1 Å². The molecule has 1 aromatic rings. The molecule has 0 atom stereocenters. The van der Waals surface area contributed by atoms with Gasteiger partial charge in [-0.25, -0.2) is 13.1 Å². The molecule has 0 saturated carbocycles. The lowest BCUT2D eigenvalue weighted by atomic mass is 9.97. The average Bonchev–Trinajstić information content (AvgIpc) is 2.47. The minimum absolute atomic E-state index is 0.315. The van der Waals surface area contributed by atoms with Crippen LogP contribution in [0.5, 0.6) is 0 Å². The Labute approximate surface area is 121 Å². The quantitative estimate of drug-likeness (QED) is 0.861. The van der Waals surface area contributed by atoms with Crippen molar-refractivity contribution < 1.29 is 8.42 Å². The summed E-state index contributed by atoms with van der Waals surface area (Å²) in [6.45, 7) is 3.05. The summed E-state index contributed by atoms with van der Waals surface area (Å²) in [5.41, 5.74) is 0.681. The molecule has 2 rings (SSSR count). The van der Waals surface area contributed by atoms with Gasteiger partial charge in [0.15, 0.2) is 0 Å². The fraction of sp³-hybridized carbons (Fsp3) is 0.571. The Morgan fingerprint density at radius 3 is 2.55 bits per heavy atom. The van der Waals surface area contributed by atoms with E-state index in [1.165, 1.54) is 7.05 Å². The average molecular weight is 297 g/mol. The van der Waals surface area contributed by atoms with E-state index in [4.69, 9.17) is 0 Å². The molecule has 0 radical (unpaired) electrons. The van der Waals surface area contributed by atoms with E-state index in [0.29, 0.717) is 16.5 Å². The first kappa shape index (κ1) is 15.3. The van der Waals surface area contributed by atoms with Gasteiger partial charge in [0.2, 0.25) is 10.0 Å². The molecule has 2 N–H and O–H groups in total. The summed E-state index contributed by atoms with van der Waals surface area (Å²) >= 11 is 0. The van der Waals surface area contributed by atoms with Gasteiger partial charge < -0.3 is 10.2 Å². The highest BCUT2D eigenvalue weighted by atomic mass is 32.2. The molecule has 1 heterocycles. The second kappa shape index (κ2) is 6.56. The van der Waals surface area contributed by atoms with Crippen LogP contribution in [-0.4, -0.2) is 47.0 Å². The highest BCUT2D eigenvalue weighted by Gasteiger charge is 2.19. The lowest BCUT2D eigenvalue weighted by Crippen LogP contribution is -2.33. The van der Waals surface area contributed by atoms with E-state index >= 15 is 0 Å². The van der Waals surface area contributed by atoms with Gasteiger partial charge in [-0.15, -0.1) is 0 Å². The Bertz CT molecular complexity index is 537. The van der Waals surface area contributed by atoms with Crippen LogP contribution in [0.4, 0.5) is 5.69 Å². The molecular weight excluding hydrogens is 274 g/mol. The van der Waals surface area contributed by atoms with Gasteiger partial charge in [0, 0.05) is 6.54 Å². The van der Waals surface area contributed by atoms with Crippen molar-refractivity contribution in [1.82, 2.24) is 9.62 Å². The number of sulfonamides is 1. The minimum Gasteiger partial charge on any atom is -0.384 e. The van der Waals surface area contributed by atoms with E-state index in [9.17, 15) is 8.42 Å². The normalized spacial score (nSPS) is 18.1. The summed E-state index contributed by atoms with van der Waals surface area (Å²) in [6.07, 6.45) is 2.31. The highest BCUT2D eigenvalue weighted by molar-refractivity contribution is 7.89. The highest BCUT2D eigenvalue weighted by Crippen LogP contribution is 2.22. The van der Waals surface area contributed by atoms with E-state index in [-0.39, 0.29) is 0 Å². The van der Waals surface area contributed by atoms with Crippen molar-refractivity contribution in [1.29, 1.82) is 0 Å². The van der Waals surface area contributed by atoms with E-state index < -0.39 is 10.0 Å². The van der Waals surface area contributed by atoms with Crippen molar-refractivity contribution in [2.75, 3.05) is 39.0 Å². The van der Waals surface area contributed by atoms with Crippen molar-refractivity contribution in [3.8, 4) is 0 Å².